The van der Waals surface area contributed by atoms with E-state index in [0.717, 1.165) is 44.5 Å². The molecule has 21 heavy (non-hydrogen) atoms. The monoisotopic (exact) mass is 291 g/mol. The first-order valence-electron chi connectivity index (χ1n) is 7.66. The van der Waals surface area contributed by atoms with E-state index in [1.54, 1.807) is 0 Å². The number of hydrogen-bond donors (Lipinski definition) is 2. The van der Waals surface area contributed by atoms with Crippen LogP contribution >= 0.6 is 0 Å². The van der Waals surface area contributed by atoms with Gasteiger partial charge in [-0.05, 0) is 44.5 Å². The maximum Gasteiger partial charge on any atom is 0.407 e. The Hall–Kier alpha value is -1.59. The molecule has 1 aromatic rings. The van der Waals surface area contributed by atoms with Gasteiger partial charge in [0, 0.05) is 12.6 Å². The van der Waals surface area contributed by atoms with Gasteiger partial charge in [-0.15, -0.1) is 0 Å². The van der Waals surface area contributed by atoms with E-state index in [1.807, 2.05) is 30.3 Å². The van der Waals surface area contributed by atoms with Crippen LogP contribution in [0.1, 0.15) is 24.8 Å². The number of piperidine rings is 1. The van der Waals surface area contributed by atoms with Crippen molar-refractivity contribution in [1.29, 1.82) is 0 Å². The first-order valence-corrected chi connectivity index (χ1v) is 7.66. The maximum atomic E-state index is 11.5. The molecule has 5 nitrogen and oxygen atoms in total. The van der Waals surface area contributed by atoms with Gasteiger partial charge in [0.05, 0.1) is 0 Å². The number of benzene rings is 1. The van der Waals surface area contributed by atoms with Gasteiger partial charge in [-0.3, -0.25) is 0 Å². The van der Waals surface area contributed by atoms with E-state index in [9.17, 15) is 4.79 Å². The van der Waals surface area contributed by atoms with Crippen LogP contribution in [-0.4, -0.2) is 43.2 Å². The van der Waals surface area contributed by atoms with Gasteiger partial charge < -0.3 is 20.7 Å². The fourth-order valence-corrected chi connectivity index (χ4v) is 2.44. The molecule has 0 aromatic heterocycles. The second kappa shape index (κ2) is 8.64. The SMILES string of the molecule is NC1CCN(CCCNC(=O)OCc2ccccc2)CC1. The number of nitrogens with zero attached hydrogens (tertiary/aromatic N) is 1. The van der Waals surface area contributed by atoms with E-state index < -0.39 is 0 Å². The fourth-order valence-electron chi connectivity index (χ4n) is 2.44. The molecule has 1 aliphatic rings. The van der Waals surface area contributed by atoms with Crippen LogP contribution in [0.4, 0.5) is 4.79 Å². The van der Waals surface area contributed by atoms with E-state index in [1.165, 1.54) is 0 Å². The molecule has 0 bridgehead atoms. The van der Waals surface area contributed by atoms with Crippen molar-refractivity contribution in [2.24, 2.45) is 5.73 Å². The smallest absolute Gasteiger partial charge is 0.407 e. The van der Waals surface area contributed by atoms with Crippen LogP contribution < -0.4 is 11.1 Å². The van der Waals surface area contributed by atoms with Crippen molar-refractivity contribution in [1.82, 2.24) is 10.2 Å². The third-order valence-corrected chi connectivity index (χ3v) is 3.77. The van der Waals surface area contributed by atoms with Crippen molar-refractivity contribution in [3.63, 3.8) is 0 Å². The zero-order valence-corrected chi connectivity index (χ0v) is 12.5. The molecule has 3 N–H and O–H groups in total. The summed E-state index contributed by atoms with van der Waals surface area (Å²) in [6, 6.07) is 10.1. The highest BCUT2D eigenvalue weighted by atomic mass is 16.5. The molecular weight excluding hydrogens is 266 g/mol. The van der Waals surface area contributed by atoms with Crippen LogP contribution in [0.2, 0.25) is 0 Å². The minimum absolute atomic E-state index is 0.316. The second-order valence-corrected chi connectivity index (χ2v) is 5.52. The first-order chi connectivity index (χ1) is 10.2. The topological polar surface area (TPSA) is 67.6 Å². The zero-order valence-electron chi connectivity index (χ0n) is 12.5. The van der Waals surface area contributed by atoms with Gasteiger partial charge in [-0.2, -0.15) is 0 Å². The Labute approximate surface area is 126 Å². The molecule has 0 atom stereocenters. The Morgan fingerprint density at radius 2 is 2.00 bits per heavy atom. The average molecular weight is 291 g/mol. The molecule has 0 unspecified atom stereocenters. The molecule has 1 saturated heterocycles. The summed E-state index contributed by atoms with van der Waals surface area (Å²) in [4.78, 5) is 14.0. The number of nitrogens with two attached hydrogens (primary N) is 1. The predicted molar refractivity (Wildman–Crippen MR) is 82.9 cm³/mol. The summed E-state index contributed by atoms with van der Waals surface area (Å²) in [6.07, 6.45) is 2.74. The molecule has 0 saturated carbocycles. The Kier molecular flexibility index (Phi) is 6.50. The Morgan fingerprint density at radius 3 is 2.71 bits per heavy atom. The van der Waals surface area contributed by atoms with Gasteiger partial charge in [-0.25, -0.2) is 4.79 Å². The lowest BCUT2D eigenvalue weighted by molar-refractivity contribution is 0.138. The minimum Gasteiger partial charge on any atom is -0.445 e. The van der Waals surface area contributed by atoms with Crippen LogP contribution in [0.25, 0.3) is 0 Å². The summed E-state index contributed by atoms with van der Waals surface area (Å²) in [5.41, 5.74) is 6.87. The van der Waals surface area contributed by atoms with Crippen molar-refractivity contribution in [2.45, 2.75) is 31.9 Å². The lowest BCUT2D eigenvalue weighted by Gasteiger charge is -2.29. The van der Waals surface area contributed by atoms with Crippen LogP contribution in [0, 0.1) is 0 Å². The number of carbonyl (C=O) groups excluding carboxylic acids is 1. The third-order valence-electron chi connectivity index (χ3n) is 3.77. The number of nitrogens with one attached hydrogen (secondary N) is 1. The molecule has 2 rings (SSSR count). The number of ether oxygens (including phenoxy) is 1. The molecular formula is C16H25N3O2. The largest absolute Gasteiger partial charge is 0.445 e. The summed E-state index contributed by atoms with van der Waals surface area (Å²) < 4.78 is 5.15. The van der Waals surface area contributed by atoms with Crippen LogP contribution in [0.3, 0.4) is 0 Å². The fraction of sp³-hybridized carbons (Fsp3) is 0.562. The summed E-state index contributed by atoms with van der Waals surface area (Å²) >= 11 is 0. The number of amides is 1. The van der Waals surface area contributed by atoms with Gasteiger partial charge in [0.25, 0.3) is 0 Å². The molecule has 1 aliphatic heterocycles. The first kappa shape index (κ1) is 15.8. The zero-order chi connectivity index (χ0) is 14.9. The normalized spacial score (nSPS) is 16.6. The summed E-state index contributed by atoms with van der Waals surface area (Å²) in [5.74, 6) is 0. The van der Waals surface area contributed by atoms with Crippen LogP contribution in [-0.2, 0) is 11.3 Å². The van der Waals surface area contributed by atoms with Gasteiger partial charge in [-0.1, -0.05) is 30.3 Å². The van der Waals surface area contributed by atoms with Crippen molar-refractivity contribution in [2.75, 3.05) is 26.2 Å². The van der Waals surface area contributed by atoms with E-state index in [-0.39, 0.29) is 6.09 Å². The third kappa shape index (κ3) is 6.14. The van der Waals surface area contributed by atoms with Crippen LogP contribution in [0.5, 0.6) is 0 Å². The van der Waals surface area contributed by atoms with Crippen molar-refractivity contribution in [3.8, 4) is 0 Å². The van der Waals surface area contributed by atoms with Gasteiger partial charge in [0.15, 0.2) is 0 Å². The summed E-state index contributed by atoms with van der Waals surface area (Å²) in [7, 11) is 0. The number of alkyl carbamates (subject to hydrolysis) is 1. The number of likely N-dealkylation sites (tertiary alicyclic amines) is 1. The van der Waals surface area contributed by atoms with Crippen molar-refractivity contribution in [3.05, 3.63) is 35.9 Å². The molecule has 1 heterocycles. The minimum atomic E-state index is -0.348. The summed E-state index contributed by atoms with van der Waals surface area (Å²) in [5, 5.41) is 2.79. The quantitative estimate of drug-likeness (QED) is 0.783. The van der Waals surface area contributed by atoms with Crippen LogP contribution in [0.15, 0.2) is 30.3 Å². The number of carbonyl (C=O) groups is 1. The molecule has 0 radical (unpaired) electrons. The molecule has 5 heteroatoms. The molecule has 1 fully saturated rings. The average Bonchev–Trinajstić information content (AvgIpc) is 2.52. The second-order valence-electron chi connectivity index (χ2n) is 5.52. The Morgan fingerprint density at radius 1 is 1.29 bits per heavy atom. The molecule has 0 aliphatic carbocycles. The van der Waals surface area contributed by atoms with E-state index in [2.05, 4.69) is 10.2 Å². The van der Waals surface area contributed by atoms with Gasteiger partial charge in [0.2, 0.25) is 0 Å². The predicted octanol–water partition coefficient (Wildman–Crippen LogP) is 1.73. The lowest BCUT2D eigenvalue weighted by atomic mass is 10.1. The standard InChI is InChI=1S/C16H25N3O2/c17-15-7-11-19(12-8-15)10-4-9-18-16(20)21-13-14-5-2-1-3-6-14/h1-3,5-6,15H,4,7-13,17H2,(H,18,20). The number of rotatable bonds is 6. The molecule has 1 amide bonds. The lowest BCUT2D eigenvalue weighted by Crippen LogP contribution is -2.40. The summed E-state index contributed by atoms with van der Waals surface area (Å²) in [6.45, 7) is 4.11. The van der Waals surface area contributed by atoms with E-state index >= 15 is 0 Å². The highest BCUT2D eigenvalue weighted by Gasteiger charge is 2.15. The highest BCUT2D eigenvalue weighted by molar-refractivity contribution is 5.67. The molecule has 1 aromatic carbocycles. The molecule has 116 valence electrons. The number of hydrogen-bond acceptors (Lipinski definition) is 4. The van der Waals surface area contributed by atoms with E-state index in [0.29, 0.717) is 19.2 Å². The Bertz CT molecular complexity index is 417. The van der Waals surface area contributed by atoms with E-state index in [4.69, 9.17) is 10.5 Å². The van der Waals surface area contributed by atoms with Gasteiger partial charge in [0.1, 0.15) is 6.61 Å². The highest BCUT2D eigenvalue weighted by Crippen LogP contribution is 2.08. The Balaban J connectivity index is 1.51. The molecule has 0 spiro atoms. The van der Waals surface area contributed by atoms with Crippen molar-refractivity contribution < 1.29 is 9.53 Å². The maximum absolute atomic E-state index is 11.5. The van der Waals surface area contributed by atoms with Gasteiger partial charge >= 0.3 is 6.09 Å². The van der Waals surface area contributed by atoms with Crippen molar-refractivity contribution >= 4 is 6.09 Å².